The molecule has 1 aliphatic carbocycles. The Bertz CT molecular complexity index is 811. The number of nitro groups is 1. The van der Waals surface area contributed by atoms with Crippen LogP contribution in [0.3, 0.4) is 0 Å². The van der Waals surface area contributed by atoms with E-state index in [4.69, 9.17) is 33.0 Å². The molecular weight excluding hydrogens is 422 g/mol. The Hall–Kier alpha value is -1.32. The molecule has 148 valence electrons. The van der Waals surface area contributed by atoms with Crippen LogP contribution in [0, 0.1) is 10.1 Å². The van der Waals surface area contributed by atoms with E-state index in [-0.39, 0.29) is 57.5 Å². The molecule has 1 saturated carbocycles. The summed E-state index contributed by atoms with van der Waals surface area (Å²) in [6.07, 6.45) is 3.11. The van der Waals surface area contributed by atoms with Gasteiger partial charge in [0, 0.05) is 18.1 Å². The van der Waals surface area contributed by atoms with Crippen molar-refractivity contribution in [2.24, 2.45) is 0 Å². The molecule has 2 N–H and O–H groups in total. The topological polar surface area (TPSA) is 119 Å². The monoisotopic (exact) mass is 440 g/mol. The van der Waals surface area contributed by atoms with E-state index < -0.39 is 28.9 Å². The van der Waals surface area contributed by atoms with Gasteiger partial charge in [0.1, 0.15) is 17.3 Å². The maximum absolute atomic E-state index is 12.3. The molecule has 1 fully saturated rings. The number of carboxylic acid groups (broad SMARTS) is 1. The predicted molar refractivity (Wildman–Crippen MR) is 107 cm³/mol. The zero-order valence-corrected chi connectivity index (χ0v) is 16.0. The van der Waals surface area contributed by atoms with Gasteiger partial charge in [-0.15, -0.1) is 0 Å². The van der Waals surface area contributed by atoms with Crippen LogP contribution in [0.1, 0.15) is 38.2 Å². The van der Waals surface area contributed by atoms with Crippen LogP contribution in [0.5, 0.6) is 5.75 Å². The number of carbonyl (C=O) groups is 2. The predicted octanol–water partition coefficient (Wildman–Crippen LogP) is 2.87. The summed E-state index contributed by atoms with van der Waals surface area (Å²) >= 11 is 12.5. The summed E-state index contributed by atoms with van der Waals surface area (Å²) in [6, 6.07) is 3.00. The molecule has 0 unspecified atom stereocenters. The Labute approximate surface area is 193 Å². The molecule has 0 radical (unpaired) electrons. The fourth-order valence-electron chi connectivity index (χ4n) is 2.60. The van der Waals surface area contributed by atoms with Crippen molar-refractivity contribution in [3.05, 3.63) is 43.6 Å². The minimum atomic E-state index is -1.20. The second-order valence-electron chi connectivity index (χ2n) is 6.05. The van der Waals surface area contributed by atoms with Crippen LogP contribution in [-0.4, -0.2) is 63.6 Å². The first-order chi connectivity index (χ1) is 12.7. The van der Waals surface area contributed by atoms with Crippen molar-refractivity contribution in [2.75, 3.05) is 6.54 Å². The molecule has 11 heteroatoms. The number of carboxylic acids is 1. The quantitative estimate of drug-likeness (QED) is 0.364. The van der Waals surface area contributed by atoms with Crippen LogP contribution >= 0.6 is 23.2 Å². The summed E-state index contributed by atoms with van der Waals surface area (Å²) in [5, 5.41) is 22.1. The summed E-state index contributed by atoms with van der Waals surface area (Å²) in [4.78, 5) is 33.4. The summed E-state index contributed by atoms with van der Waals surface area (Å²) in [5.41, 5.74) is -0.861. The first kappa shape index (κ1) is 24.7. The molecule has 0 saturated heterocycles. The maximum atomic E-state index is 12.3. The van der Waals surface area contributed by atoms with E-state index in [1.54, 1.807) is 6.92 Å². The molecule has 0 atom stereocenters. The van der Waals surface area contributed by atoms with Crippen molar-refractivity contribution in [3.63, 3.8) is 0 Å². The van der Waals surface area contributed by atoms with Crippen molar-refractivity contribution in [3.8, 4) is 5.75 Å². The number of benzene rings is 1. The molecule has 0 spiro atoms. The number of halogens is 2. The molecule has 0 aliphatic heterocycles. The van der Waals surface area contributed by atoms with Crippen molar-refractivity contribution in [1.82, 2.24) is 5.32 Å². The average molecular weight is 441 g/mol. The number of rotatable bonds is 8. The summed E-state index contributed by atoms with van der Waals surface area (Å²) in [6.45, 7) is 1.14. The zero-order valence-electron chi connectivity index (χ0n) is 14.5. The van der Waals surface area contributed by atoms with E-state index >= 15 is 0 Å². The van der Waals surface area contributed by atoms with Crippen molar-refractivity contribution < 1.29 is 24.4 Å². The SMILES string of the molecule is CC/C(=C/c1ccc(OC2(C(=O)NCC(=O)O)CCC2)c(Cl)c1Cl)[N+](=O)[O-].[NaH]. The molecule has 0 bridgehead atoms. The third-order valence-corrected chi connectivity index (χ3v) is 5.16. The van der Waals surface area contributed by atoms with Gasteiger partial charge in [-0.2, -0.15) is 0 Å². The zero-order chi connectivity index (χ0) is 20.2. The van der Waals surface area contributed by atoms with Gasteiger partial charge in [-0.1, -0.05) is 30.1 Å². The molecule has 0 heterocycles. The normalized spacial score (nSPS) is 15.0. The molecule has 1 aliphatic rings. The van der Waals surface area contributed by atoms with E-state index in [9.17, 15) is 19.7 Å². The van der Waals surface area contributed by atoms with E-state index in [1.165, 1.54) is 18.2 Å². The van der Waals surface area contributed by atoms with Crippen LogP contribution in [0.2, 0.25) is 10.0 Å². The van der Waals surface area contributed by atoms with Crippen LogP contribution in [0.15, 0.2) is 17.8 Å². The third kappa shape index (κ3) is 5.61. The van der Waals surface area contributed by atoms with Gasteiger partial charge >= 0.3 is 35.5 Å². The number of allylic oxidation sites excluding steroid dienone is 1. The minimum absolute atomic E-state index is 0. The Morgan fingerprint density at radius 3 is 2.46 bits per heavy atom. The standard InChI is InChI=1S/C17H18Cl2N2O6.Na.H/c1-2-11(21(25)26)8-10-4-5-12(15(19)14(10)18)27-17(6-3-7-17)16(24)20-9-13(22)23;;/h4-5,8H,2-3,6-7,9H2,1H3,(H,20,24)(H,22,23);;/b11-8-;;. The van der Waals surface area contributed by atoms with Gasteiger partial charge in [0.25, 0.3) is 5.91 Å². The first-order valence-electron chi connectivity index (χ1n) is 8.22. The summed E-state index contributed by atoms with van der Waals surface area (Å²) < 4.78 is 5.80. The Morgan fingerprint density at radius 1 is 1.36 bits per heavy atom. The molecule has 1 amide bonds. The number of nitrogens with one attached hydrogen (secondary N) is 1. The van der Waals surface area contributed by atoms with Gasteiger partial charge in [-0.3, -0.25) is 19.7 Å². The second-order valence-corrected chi connectivity index (χ2v) is 6.81. The van der Waals surface area contributed by atoms with Gasteiger partial charge in [-0.25, -0.2) is 0 Å². The Morgan fingerprint density at radius 2 is 2.00 bits per heavy atom. The van der Waals surface area contributed by atoms with Gasteiger partial charge in [0.15, 0.2) is 5.60 Å². The van der Waals surface area contributed by atoms with Crippen molar-refractivity contribution >= 4 is 70.7 Å². The fraction of sp³-hybridized carbons (Fsp3) is 0.412. The van der Waals surface area contributed by atoms with Crippen LogP contribution in [0.4, 0.5) is 0 Å². The number of carbonyl (C=O) groups excluding carboxylic acids is 1. The second kappa shape index (κ2) is 10.5. The number of hydrogen-bond acceptors (Lipinski definition) is 5. The van der Waals surface area contributed by atoms with E-state index in [0.29, 0.717) is 18.4 Å². The van der Waals surface area contributed by atoms with E-state index in [1.807, 2.05) is 0 Å². The number of aliphatic carboxylic acids is 1. The number of amides is 1. The summed E-state index contributed by atoms with van der Waals surface area (Å²) in [7, 11) is 0. The molecule has 1 aromatic carbocycles. The molecule has 2 rings (SSSR count). The molecule has 28 heavy (non-hydrogen) atoms. The van der Waals surface area contributed by atoms with Gasteiger partial charge < -0.3 is 15.2 Å². The number of ether oxygens (including phenoxy) is 1. The molecule has 1 aromatic rings. The van der Waals surface area contributed by atoms with E-state index in [2.05, 4.69) is 5.32 Å². The molecule has 0 aromatic heterocycles. The van der Waals surface area contributed by atoms with Crippen LogP contribution in [0.25, 0.3) is 6.08 Å². The van der Waals surface area contributed by atoms with E-state index in [0.717, 1.165) is 6.42 Å². The Kier molecular flexibility index (Phi) is 9.23. The van der Waals surface area contributed by atoms with Gasteiger partial charge in [0.05, 0.1) is 9.95 Å². The van der Waals surface area contributed by atoms with Crippen molar-refractivity contribution in [2.45, 2.75) is 38.2 Å². The molecular formula is C17H19Cl2N2NaO6. The fourth-order valence-corrected chi connectivity index (χ4v) is 3.02. The van der Waals surface area contributed by atoms with Gasteiger partial charge in [-0.05, 0) is 31.4 Å². The average Bonchev–Trinajstić information content (AvgIpc) is 2.58. The van der Waals surface area contributed by atoms with Crippen molar-refractivity contribution in [1.29, 1.82) is 0 Å². The molecule has 8 nitrogen and oxygen atoms in total. The number of hydrogen-bond donors (Lipinski definition) is 2. The first-order valence-corrected chi connectivity index (χ1v) is 8.98. The van der Waals surface area contributed by atoms with Gasteiger partial charge in [0.2, 0.25) is 5.70 Å². The third-order valence-electron chi connectivity index (χ3n) is 4.28. The summed E-state index contributed by atoms with van der Waals surface area (Å²) in [5.74, 6) is -1.54. The Balaban J connectivity index is 0.00000392. The van der Waals surface area contributed by atoms with Crippen LogP contribution < -0.4 is 10.1 Å². The number of nitrogens with zero attached hydrogens (tertiary/aromatic N) is 1. The van der Waals surface area contributed by atoms with Crippen LogP contribution in [-0.2, 0) is 9.59 Å².